The fourth-order valence-corrected chi connectivity index (χ4v) is 3.48. The second-order valence-electron chi connectivity index (χ2n) is 6.19. The second-order valence-corrected chi connectivity index (χ2v) is 6.19. The summed E-state index contributed by atoms with van der Waals surface area (Å²) in [6.07, 6.45) is 9.12. The summed E-state index contributed by atoms with van der Waals surface area (Å²) in [5.74, 6) is 1.99. The van der Waals surface area contributed by atoms with E-state index >= 15 is 0 Å². The molecule has 0 amide bonds. The number of oxime groups is 1. The van der Waals surface area contributed by atoms with E-state index in [-0.39, 0.29) is 5.60 Å². The predicted molar refractivity (Wildman–Crippen MR) is 80.2 cm³/mol. The number of aromatic nitrogens is 2. The highest BCUT2D eigenvalue weighted by Gasteiger charge is 2.43. The first-order chi connectivity index (χ1) is 10.3. The number of amidine groups is 1. The van der Waals surface area contributed by atoms with Crippen LogP contribution in [0, 0.1) is 0 Å². The molecule has 0 atom stereocenters. The molecule has 112 valence electrons. The molecule has 0 unspecified atom stereocenters. The fourth-order valence-electron chi connectivity index (χ4n) is 3.48. The van der Waals surface area contributed by atoms with Gasteiger partial charge in [0.15, 0.2) is 0 Å². The lowest BCUT2D eigenvalue weighted by Gasteiger charge is -2.37. The fraction of sp³-hybridized carbons (Fsp3) is 0.667. The molecule has 3 aliphatic rings. The molecular weight excluding hydrogens is 266 g/mol. The summed E-state index contributed by atoms with van der Waals surface area (Å²) < 4.78 is 0. The Bertz CT molecular complexity index is 518. The smallest absolute Gasteiger partial charge is 0.225 e. The van der Waals surface area contributed by atoms with Crippen molar-refractivity contribution in [2.24, 2.45) is 5.16 Å². The molecule has 2 saturated heterocycles. The van der Waals surface area contributed by atoms with Gasteiger partial charge >= 0.3 is 0 Å². The molecule has 3 aliphatic heterocycles. The van der Waals surface area contributed by atoms with E-state index in [1.807, 2.05) is 6.07 Å². The summed E-state index contributed by atoms with van der Waals surface area (Å²) in [7, 11) is 0. The molecule has 6 nitrogen and oxygen atoms in total. The Morgan fingerprint density at radius 1 is 0.952 bits per heavy atom. The van der Waals surface area contributed by atoms with Gasteiger partial charge in [-0.2, -0.15) is 0 Å². The first-order valence-corrected chi connectivity index (χ1v) is 7.87. The van der Waals surface area contributed by atoms with E-state index < -0.39 is 0 Å². The van der Waals surface area contributed by atoms with Crippen LogP contribution < -0.4 is 4.90 Å². The maximum atomic E-state index is 5.87. The van der Waals surface area contributed by atoms with Crippen molar-refractivity contribution < 1.29 is 4.84 Å². The molecule has 2 fully saturated rings. The molecule has 0 bridgehead atoms. The van der Waals surface area contributed by atoms with Gasteiger partial charge in [0, 0.05) is 51.4 Å². The van der Waals surface area contributed by atoms with Gasteiger partial charge in [-0.25, -0.2) is 9.97 Å². The summed E-state index contributed by atoms with van der Waals surface area (Å²) in [6, 6.07) is 1.85. The molecule has 0 saturated carbocycles. The van der Waals surface area contributed by atoms with Crippen LogP contribution in [0.15, 0.2) is 23.6 Å². The number of hydrogen-bond donors (Lipinski definition) is 0. The molecule has 4 rings (SSSR count). The van der Waals surface area contributed by atoms with Crippen LogP contribution in [0.2, 0.25) is 0 Å². The van der Waals surface area contributed by atoms with E-state index in [0.717, 1.165) is 57.2 Å². The Hall–Kier alpha value is -1.85. The standard InChI is InChI=1S/C15H21N5O/c1-2-9-19(8-1)13-12-15(21-18-13)4-10-20(11-5-15)14-16-6-3-7-17-14/h3,6-7H,1-2,4-5,8-12H2. The van der Waals surface area contributed by atoms with Crippen molar-refractivity contribution in [2.45, 2.75) is 37.7 Å². The van der Waals surface area contributed by atoms with E-state index in [1.165, 1.54) is 12.8 Å². The summed E-state index contributed by atoms with van der Waals surface area (Å²) in [5.41, 5.74) is -0.0802. The largest absolute Gasteiger partial charge is 0.387 e. The van der Waals surface area contributed by atoms with Gasteiger partial charge in [0.1, 0.15) is 11.4 Å². The Labute approximate surface area is 124 Å². The third-order valence-electron chi connectivity index (χ3n) is 4.81. The highest BCUT2D eigenvalue weighted by Crippen LogP contribution is 2.36. The van der Waals surface area contributed by atoms with Crippen LogP contribution in [0.5, 0.6) is 0 Å². The molecular formula is C15H21N5O. The van der Waals surface area contributed by atoms with Gasteiger partial charge in [0.25, 0.3) is 0 Å². The highest BCUT2D eigenvalue weighted by atomic mass is 16.7. The van der Waals surface area contributed by atoms with E-state index in [2.05, 4.69) is 24.9 Å². The number of piperidine rings is 1. The van der Waals surface area contributed by atoms with E-state index in [0.29, 0.717) is 0 Å². The number of likely N-dealkylation sites (tertiary alicyclic amines) is 1. The molecule has 6 heteroatoms. The third kappa shape index (κ3) is 2.43. The third-order valence-corrected chi connectivity index (χ3v) is 4.81. The zero-order valence-corrected chi connectivity index (χ0v) is 12.2. The van der Waals surface area contributed by atoms with Gasteiger partial charge in [-0.1, -0.05) is 5.16 Å². The van der Waals surface area contributed by atoms with Crippen LogP contribution in [-0.4, -0.2) is 52.5 Å². The Balaban J connectivity index is 1.37. The van der Waals surface area contributed by atoms with Gasteiger partial charge in [-0.3, -0.25) is 0 Å². The molecule has 21 heavy (non-hydrogen) atoms. The van der Waals surface area contributed by atoms with Crippen LogP contribution in [0.1, 0.15) is 32.1 Å². The lowest BCUT2D eigenvalue weighted by atomic mass is 9.88. The Kier molecular flexibility index (Phi) is 3.16. The average molecular weight is 287 g/mol. The van der Waals surface area contributed by atoms with Crippen molar-refractivity contribution in [2.75, 3.05) is 31.1 Å². The van der Waals surface area contributed by atoms with Gasteiger partial charge < -0.3 is 14.6 Å². The van der Waals surface area contributed by atoms with E-state index in [9.17, 15) is 0 Å². The van der Waals surface area contributed by atoms with Crippen molar-refractivity contribution in [3.05, 3.63) is 18.5 Å². The molecule has 1 aromatic rings. The monoisotopic (exact) mass is 287 g/mol. The molecule has 0 aromatic carbocycles. The van der Waals surface area contributed by atoms with Crippen LogP contribution in [0.3, 0.4) is 0 Å². The van der Waals surface area contributed by atoms with Crippen molar-refractivity contribution in [3.8, 4) is 0 Å². The summed E-state index contributed by atoms with van der Waals surface area (Å²) >= 11 is 0. The lowest BCUT2D eigenvalue weighted by molar-refractivity contribution is -0.0361. The molecule has 0 aliphatic carbocycles. The molecule has 4 heterocycles. The van der Waals surface area contributed by atoms with Gasteiger partial charge in [-0.05, 0) is 18.9 Å². The maximum Gasteiger partial charge on any atom is 0.225 e. The lowest BCUT2D eigenvalue weighted by Crippen LogP contribution is -2.46. The molecule has 1 aromatic heterocycles. The summed E-state index contributed by atoms with van der Waals surface area (Å²) in [4.78, 5) is 19.2. The Morgan fingerprint density at radius 2 is 1.67 bits per heavy atom. The highest BCUT2D eigenvalue weighted by molar-refractivity contribution is 5.84. The predicted octanol–water partition coefficient (Wildman–Crippen LogP) is 1.65. The maximum absolute atomic E-state index is 5.87. The van der Waals surface area contributed by atoms with Crippen LogP contribution in [-0.2, 0) is 4.84 Å². The minimum atomic E-state index is -0.0802. The van der Waals surface area contributed by atoms with Crippen molar-refractivity contribution in [1.82, 2.24) is 14.9 Å². The number of hydrogen-bond acceptors (Lipinski definition) is 6. The summed E-state index contributed by atoms with van der Waals surface area (Å²) in [5, 5.41) is 4.39. The Morgan fingerprint density at radius 3 is 2.38 bits per heavy atom. The second kappa shape index (κ2) is 5.16. The zero-order valence-electron chi connectivity index (χ0n) is 12.2. The van der Waals surface area contributed by atoms with Crippen molar-refractivity contribution >= 4 is 11.8 Å². The molecule has 0 N–H and O–H groups in total. The molecule has 0 radical (unpaired) electrons. The van der Waals surface area contributed by atoms with Gasteiger partial charge in [0.05, 0.1) is 6.42 Å². The van der Waals surface area contributed by atoms with Crippen molar-refractivity contribution in [3.63, 3.8) is 0 Å². The minimum absolute atomic E-state index is 0.0802. The minimum Gasteiger partial charge on any atom is -0.387 e. The van der Waals surface area contributed by atoms with Crippen LogP contribution >= 0.6 is 0 Å². The van der Waals surface area contributed by atoms with Crippen molar-refractivity contribution in [1.29, 1.82) is 0 Å². The van der Waals surface area contributed by atoms with Crippen LogP contribution in [0.4, 0.5) is 5.95 Å². The van der Waals surface area contributed by atoms with E-state index in [1.54, 1.807) is 12.4 Å². The van der Waals surface area contributed by atoms with Gasteiger partial charge in [0.2, 0.25) is 5.95 Å². The summed E-state index contributed by atoms with van der Waals surface area (Å²) in [6.45, 7) is 4.16. The number of anilines is 1. The molecule has 1 spiro atoms. The zero-order chi connectivity index (χ0) is 14.1. The normalized spacial score (nSPS) is 24.3. The quantitative estimate of drug-likeness (QED) is 0.786. The van der Waals surface area contributed by atoms with E-state index in [4.69, 9.17) is 4.84 Å². The van der Waals surface area contributed by atoms with Gasteiger partial charge in [-0.15, -0.1) is 0 Å². The number of nitrogens with zero attached hydrogens (tertiary/aromatic N) is 5. The van der Waals surface area contributed by atoms with Crippen LogP contribution in [0.25, 0.3) is 0 Å². The SMILES string of the molecule is c1cnc(N2CCC3(CC2)CC(N2CCCC2)=NO3)nc1. The topological polar surface area (TPSA) is 53.9 Å². The first-order valence-electron chi connectivity index (χ1n) is 7.87. The average Bonchev–Trinajstić information content (AvgIpc) is 3.19. The number of rotatable bonds is 1. The first kappa shape index (κ1) is 12.9.